The Balaban J connectivity index is 2.78. The molecule has 0 aliphatic rings. The van der Waals surface area contributed by atoms with Crippen molar-refractivity contribution in [3.63, 3.8) is 0 Å². The van der Waals surface area contributed by atoms with Crippen LogP contribution in [0, 0.1) is 11.7 Å². The average Bonchev–Trinajstić information content (AvgIpc) is 2.09. The van der Waals surface area contributed by atoms with Crippen LogP contribution < -0.4 is 5.32 Å². The summed E-state index contributed by atoms with van der Waals surface area (Å²) >= 11 is 0. The number of rotatable bonds is 4. The smallest absolute Gasteiger partial charge is 0.127 e. The largest absolute Gasteiger partial charge is 0.316 e. The fourth-order valence-corrected chi connectivity index (χ4v) is 1.52. The molecule has 0 amide bonds. The highest BCUT2D eigenvalue weighted by Gasteiger charge is 2.03. The third kappa shape index (κ3) is 3.11. The lowest BCUT2D eigenvalue weighted by Crippen LogP contribution is -2.07. The topological polar surface area (TPSA) is 12.0 Å². The second-order valence-corrected chi connectivity index (χ2v) is 4.05. The van der Waals surface area contributed by atoms with Crippen LogP contribution in [0.25, 0.3) is 0 Å². The molecule has 2 heteroatoms. The van der Waals surface area contributed by atoms with Gasteiger partial charge in [0.2, 0.25) is 0 Å². The van der Waals surface area contributed by atoms with E-state index in [0.717, 1.165) is 17.5 Å². The van der Waals surface area contributed by atoms with Gasteiger partial charge in [-0.15, -0.1) is 0 Å². The molecule has 0 aliphatic carbocycles. The molecular weight excluding hydrogens is 177 g/mol. The summed E-state index contributed by atoms with van der Waals surface area (Å²) in [6, 6.07) is 5.52. The molecule has 0 heterocycles. The third-order valence-corrected chi connectivity index (χ3v) is 2.13. The first-order valence-electron chi connectivity index (χ1n) is 5.05. The molecule has 1 rings (SSSR count). The van der Waals surface area contributed by atoms with Crippen molar-refractivity contribution in [3.8, 4) is 0 Å². The molecule has 0 saturated heterocycles. The Morgan fingerprint density at radius 3 is 2.57 bits per heavy atom. The van der Waals surface area contributed by atoms with Crippen molar-refractivity contribution >= 4 is 0 Å². The van der Waals surface area contributed by atoms with Crippen LogP contribution in [0.15, 0.2) is 18.2 Å². The maximum Gasteiger partial charge on any atom is 0.127 e. The van der Waals surface area contributed by atoms with Crippen molar-refractivity contribution in [2.45, 2.75) is 26.8 Å². The van der Waals surface area contributed by atoms with Gasteiger partial charge in [0.15, 0.2) is 0 Å². The van der Waals surface area contributed by atoms with Crippen LogP contribution in [0.4, 0.5) is 4.39 Å². The Hall–Kier alpha value is -0.890. The predicted octanol–water partition coefficient (Wildman–Crippen LogP) is 2.74. The zero-order valence-corrected chi connectivity index (χ0v) is 9.10. The monoisotopic (exact) mass is 195 g/mol. The summed E-state index contributed by atoms with van der Waals surface area (Å²) in [7, 11) is 1.82. The first-order valence-corrected chi connectivity index (χ1v) is 5.05. The molecule has 0 fully saturated rings. The first-order chi connectivity index (χ1) is 6.63. The summed E-state index contributed by atoms with van der Waals surface area (Å²) < 4.78 is 13.4. The Kier molecular flexibility index (Phi) is 4.08. The zero-order valence-electron chi connectivity index (χ0n) is 9.10. The highest BCUT2D eigenvalue weighted by molar-refractivity contribution is 5.24. The van der Waals surface area contributed by atoms with E-state index in [1.807, 2.05) is 19.2 Å². The standard InChI is InChI=1S/C12H18FN/c1-9(2)6-10-4-5-11(8-14-3)12(13)7-10/h4-5,7,9,14H,6,8H2,1-3H3. The van der Waals surface area contributed by atoms with E-state index in [9.17, 15) is 4.39 Å². The van der Waals surface area contributed by atoms with E-state index < -0.39 is 0 Å². The number of hydrogen-bond acceptors (Lipinski definition) is 1. The molecular formula is C12H18FN. The molecule has 0 bridgehead atoms. The van der Waals surface area contributed by atoms with Gasteiger partial charge in [0.25, 0.3) is 0 Å². The average molecular weight is 195 g/mol. The van der Waals surface area contributed by atoms with E-state index in [4.69, 9.17) is 0 Å². The van der Waals surface area contributed by atoms with Crippen LogP contribution >= 0.6 is 0 Å². The molecule has 0 atom stereocenters. The van der Waals surface area contributed by atoms with E-state index in [1.54, 1.807) is 6.07 Å². The van der Waals surface area contributed by atoms with E-state index in [0.29, 0.717) is 12.5 Å². The molecule has 0 aliphatic heterocycles. The molecule has 0 aromatic heterocycles. The van der Waals surface area contributed by atoms with Gasteiger partial charge in [0.05, 0.1) is 0 Å². The molecule has 0 saturated carbocycles. The van der Waals surface area contributed by atoms with Crippen LogP contribution in [-0.2, 0) is 13.0 Å². The van der Waals surface area contributed by atoms with Crippen molar-refractivity contribution in [1.29, 1.82) is 0 Å². The number of halogens is 1. The third-order valence-electron chi connectivity index (χ3n) is 2.13. The SMILES string of the molecule is CNCc1ccc(CC(C)C)cc1F. The summed E-state index contributed by atoms with van der Waals surface area (Å²) in [5.74, 6) is 0.474. The van der Waals surface area contributed by atoms with Gasteiger partial charge in [-0.25, -0.2) is 4.39 Å². The van der Waals surface area contributed by atoms with Crippen LogP contribution in [0.3, 0.4) is 0 Å². The lowest BCUT2D eigenvalue weighted by atomic mass is 10.0. The predicted molar refractivity (Wildman–Crippen MR) is 57.7 cm³/mol. The number of benzene rings is 1. The molecule has 1 aromatic carbocycles. The van der Waals surface area contributed by atoms with Crippen LogP contribution in [0.5, 0.6) is 0 Å². The van der Waals surface area contributed by atoms with Crippen LogP contribution in [0.2, 0.25) is 0 Å². The Morgan fingerprint density at radius 2 is 2.07 bits per heavy atom. The minimum absolute atomic E-state index is 0.0995. The number of nitrogens with one attached hydrogen (secondary N) is 1. The highest BCUT2D eigenvalue weighted by atomic mass is 19.1. The fourth-order valence-electron chi connectivity index (χ4n) is 1.52. The minimum atomic E-state index is -0.0995. The normalized spacial score (nSPS) is 10.9. The van der Waals surface area contributed by atoms with Gasteiger partial charge in [0, 0.05) is 12.1 Å². The van der Waals surface area contributed by atoms with Gasteiger partial charge in [-0.3, -0.25) is 0 Å². The lowest BCUT2D eigenvalue weighted by Gasteiger charge is -2.07. The summed E-state index contributed by atoms with van der Waals surface area (Å²) in [5.41, 5.74) is 1.82. The molecule has 0 radical (unpaired) electrons. The molecule has 78 valence electrons. The molecule has 1 aromatic rings. The van der Waals surface area contributed by atoms with E-state index >= 15 is 0 Å². The quantitative estimate of drug-likeness (QED) is 0.779. The number of hydrogen-bond donors (Lipinski definition) is 1. The minimum Gasteiger partial charge on any atom is -0.316 e. The van der Waals surface area contributed by atoms with Crippen LogP contribution in [0.1, 0.15) is 25.0 Å². The van der Waals surface area contributed by atoms with Gasteiger partial charge >= 0.3 is 0 Å². The van der Waals surface area contributed by atoms with Crippen molar-refractivity contribution in [2.75, 3.05) is 7.05 Å². The van der Waals surface area contributed by atoms with Gasteiger partial charge in [-0.05, 0) is 31.0 Å². The van der Waals surface area contributed by atoms with Gasteiger partial charge < -0.3 is 5.32 Å². The Bertz CT molecular complexity index is 294. The summed E-state index contributed by atoms with van der Waals surface area (Å²) in [6.45, 7) is 4.87. The summed E-state index contributed by atoms with van der Waals surface area (Å²) in [4.78, 5) is 0. The van der Waals surface area contributed by atoms with E-state index in [1.165, 1.54) is 0 Å². The summed E-state index contributed by atoms with van der Waals surface area (Å²) in [5, 5.41) is 2.95. The molecule has 1 nitrogen and oxygen atoms in total. The van der Waals surface area contributed by atoms with Crippen LogP contribution in [-0.4, -0.2) is 7.05 Å². The van der Waals surface area contributed by atoms with E-state index in [-0.39, 0.29) is 5.82 Å². The van der Waals surface area contributed by atoms with Crippen molar-refractivity contribution in [1.82, 2.24) is 5.32 Å². The van der Waals surface area contributed by atoms with Gasteiger partial charge in [0.1, 0.15) is 5.82 Å². The lowest BCUT2D eigenvalue weighted by molar-refractivity contribution is 0.591. The second kappa shape index (κ2) is 5.11. The fraction of sp³-hybridized carbons (Fsp3) is 0.500. The first kappa shape index (κ1) is 11.2. The molecule has 14 heavy (non-hydrogen) atoms. The zero-order chi connectivity index (χ0) is 10.6. The Morgan fingerprint density at radius 1 is 1.36 bits per heavy atom. The van der Waals surface area contributed by atoms with Gasteiger partial charge in [-0.1, -0.05) is 26.0 Å². The Labute approximate surface area is 85.3 Å². The second-order valence-electron chi connectivity index (χ2n) is 4.05. The maximum atomic E-state index is 13.4. The molecule has 0 spiro atoms. The molecule has 0 unspecified atom stereocenters. The van der Waals surface area contributed by atoms with Crippen molar-refractivity contribution < 1.29 is 4.39 Å². The highest BCUT2D eigenvalue weighted by Crippen LogP contribution is 2.13. The summed E-state index contributed by atoms with van der Waals surface area (Å²) in [6.07, 6.45) is 0.941. The maximum absolute atomic E-state index is 13.4. The molecule has 1 N–H and O–H groups in total. The van der Waals surface area contributed by atoms with Crippen molar-refractivity contribution in [3.05, 3.63) is 35.1 Å². The van der Waals surface area contributed by atoms with Crippen molar-refractivity contribution in [2.24, 2.45) is 5.92 Å². The van der Waals surface area contributed by atoms with Gasteiger partial charge in [-0.2, -0.15) is 0 Å². The van der Waals surface area contributed by atoms with E-state index in [2.05, 4.69) is 19.2 Å².